The Bertz CT molecular complexity index is 650. The van der Waals surface area contributed by atoms with Gasteiger partial charge in [-0.05, 0) is 50.2 Å². The van der Waals surface area contributed by atoms with E-state index in [0.717, 1.165) is 28.8 Å². The topological polar surface area (TPSA) is 37.4 Å². The molecule has 3 aliphatic rings. The van der Waals surface area contributed by atoms with Gasteiger partial charge >= 0.3 is 0 Å². The van der Waals surface area contributed by atoms with Crippen LogP contribution in [0.25, 0.3) is 0 Å². The molecule has 21 heavy (non-hydrogen) atoms. The van der Waals surface area contributed by atoms with Crippen molar-refractivity contribution in [1.82, 2.24) is 0 Å². The number of carbonyl (C=O) groups is 2. The molecule has 0 radical (unpaired) electrons. The molecular weight excluding hydrogens is 262 g/mol. The molecule has 1 saturated carbocycles. The summed E-state index contributed by atoms with van der Waals surface area (Å²) in [5, 5.41) is 0. The van der Waals surface area contributed by atoms with Gasteiger partial charge in [-0.15, -0.1) is 0 Å². The van der Waals surface area contributed by atoms with Gasteiger partial charge in [-0.25, -0.2) is 4.90 Å². The molecule has 1 saturated heterocycles. The zero-order valence-corrected chi connectivity index (χ0v) is 12.6. The molecule has 108 valence electrons. The lowest BCUT2D eigenvalue weighted by atomic mass is 9.85. The van der Waals surface area contributed by atoms with Crippen LogP contribution in [0.1, 0.15) is 23.1 Å². The summed E-state index contributed by atoms with van der Waals surface area (Å²) in [4.78, 5) is 27.2. The van der Waals surface area contributed by atoms with Crippen LogP contribution >= 0.6 is 0 Å². The molecule has 0 N–H and O–H groups in total. The first-order valence-corrected chi connectivity index (χ1v) is 7.63. The minimum atomic E-state index is -0.118. The molecule has 1 heterocycles. The molecule has 3 nitrogen and oxygen atoms in total. The number of fused-ring (bicyclic) bond motifs is 5. The highest BCUT2D eigenvalue weighted by Gasteiger charge is 2.59. The van der Waals surface area contributed by atoms with E-state index in [2.05, 4.69) is 12.2 Å². The summed E-state index contributed by atoms with van der Waals surface area (Å²) in [5.41, 5.74) is 3.99. The van der Waals surface area contributed by atoms with Gasteiger partial charge in [-0.3, -0.25) is 9.59 Å². The minimum absolute atomic E-state index is 0.0110. The number of anilines is 1. The van der Waals surface area contributed by atoms with Crippen molar-refractivity contribution in [2.75, 3.05) is 4.90 Å². The van der Waals surface area contributed by atoms with Crippen LogP contribution in [0.15, 0.2) is 24.3 Å². The fraction of sp³-hybridized carbons (Fsp3) is 0.444. The van der Waals surface area contributed by atoms with E-state index < -0.39 is 0 Å². The van der Waals surface area contributed by atoms with Crippen LogP contribution in [-0.4, -0.2) is 11.8 Å². The first kappa shape index (κ1) is 12.8. The number of benzene rings is 1. The van der Waals surface area contributed by atoms with Crippen molar-refractivity contribution in [2.45, 2.75) is 27.2 Å². The molecule has 0 aromatic heterocycles. The van der Waals surface area contributed by atoms with E-state index in [4.69, 9.17) is 0 Å². The largest absolute Gasteiger partial charge is 0.274 e. The summed E-state index contributed by atoms with van der Waals surface area (Å²) in [6.45, 7) is 6.00. The summed E-state index contributed by atoms with van der Waals surface area (Å²) in [6, 6.07) is 4.09. The van der Waals surface area contributed by atoms with Crippen LogP contribution in [0, 0.1) is 44.4 Å². The quantitative estimate of drug-likeness (QED) is 0.586. The molecule has 4 atom stereocenters. The average Bonchev–Trinajstić information content (AvgIpc) is 3.06. The first-order valence-electron chi connectivity index (χ1n) is 7.63. The molecule has 2 fully saturated rings. The maximum absolute atomic E-state index is 12.8. The summed E-state index contributed by atoms with van der Waals surface area (Å²) in [6.07, 6.45) is 5.25. The molecule has 2 aliphatic carbocycles. The number of allylic oxidation sites excluding steroid dienone is 2. The number of hydrogen-bond acceptors (Lipinski definition) is 2. The Morgan fingerprint density at radius 2 is 1.38 bits per heavy atom. The van der Waals surface area contributed by atoms with Crippen LogP contribution in [0.3, 0.4) is 0 Å². The number of nitrogens with zero attached hydrogens (tertiary/aromatic N) is 1. The molecule has 1 aliphatic heterocycles. The highest BCUT2D eigenvalue weighted by molar-refractivity contribution is 6.23. The van der Waals surface area contributed by atoms with Gasteiger partial charge in [0.1, 0.15) is 0 Å². The molecule has 3 heteroatoms. The number of imide groups is 1. The van der Waals surface area contributed by atoms with Crippen molar-refractivity contribution in [3.05, 3.63) is 41.0 Å². The van der Waals surface area contributed by atoms with Crippen LogP contribution < -0.4 is 4.90 Å². The van der Waals surface area contributed by atoms with Crippen molar-refractivity contribution in [2.24, 2.45) is 23.7 Å². The van der Waals surface area contributed by atoms with E-state index in [1.54, 1.807) is 0 Å². The highest BCUT2D eigenvalue weighted by atomic mass is 16.2. The number of amides is 2. The Kier molecular flexibility index (Phi) is 2.48. The molecular formula is C18H19NO2. The standard InChI is InChI=1S/C18H19NO2/c1-9-6-10(2)16(11(3)7-9)19-17(20)14-12-4-5-13(8-12)15(14)18(19)21/h4-7,12-15H,8H2,1-3H3/t12-,13-,14-,15+/m0/s1. The fourth-order valence-corrected chi connectivity index (χ4v) is 4.65. The second-order valence-corrected chi connectivity index (χ2v) is 6.76. The van der Waals surface area contributed by atoms with Gasteiger partial charge in [-0.1, -0.05) is 29.8 Å². The van der Waals surface area contributed by atoms with Crippen LogP contribution in [0.4, 0.5) is 5.69 Å². The van der Waals surface area contributed by atoms with Crippen molar-refractivity contribution < 1.29 is 9.59 Å². The Balaban J connectivity index is 1.82. The fourth-order valence-electron chi connectivity index (χ4n) is 4.65. The van der Waals surface area contributed by atoms with Gasteiger partial charge in [0.05, 0.1) is 17.5 Å². The predicted octanol–water partition coefficient (Wildman–Crippen LogP) is 2.92. The summed E-state index contributed by atoms with van der Waals surface area (Å²) in [7, 11) is 0. The van der Waals surface area contributed by atoms with Gasteiger partial charge in [0, 0.05) is 0 Å². The molecule has 0 spiro atoms. The summed E-state index contributed by atoms with van der Waals surface area (Å²) in [5.74, 6) is 0.328. The van der Waals surface area contributed by atoms with Crippen molar-refractivity contribution in [3.63, 3.8) is 0 Å². The van der Waals surface area contributed by atoms with Gasteiger partial charge in [0.25, 0.3) is 0 Å². The monoisotopic (exact) mass is 281 g/mol. The third-order valence-corrected chi connectivity index (χ3v) is 5.33. The predicted molar refractivity (Wildman–Crippen MR) is 80.9 cm³/mol. The van der Waals surface area contributed by atoms with Gasteiger partial charge < -0.3 is 0 Å². The lowest BCUT2D eigenvalue weighted by molar-refractivity contribution is -0.123. The normalized spacial score (nSPS) is 33.2. The SMILES string of the molecule is Cc1cc(C)c(N2C(=O)[C@@H]3[C@H](C2=O)[C@H]2C=C[C@H]3C2)c(C)c1. The molecule has 1 aromatic rings. The molecule has 4 rings (SSSR count). The van der Waals surface area contributed by atoms with Crippen LogP contribution in [0.2, 0.25) is 0 Å². The van der Waals surface area contributed by atoms with Gasteiger partial charge in [0.2, 0.25) is 11.8 Å². The zero-order chi connectivity index (χ0) is 14.9. The second-order valence-electron chi connectivity index (χ2n) is 6.76. The second kappa shape index (κ2) is 4.06. The number of hydrogen-bond donors (Lipinski definition) is 0. The number of carbonyl (C=O) groups excluding carboxylic acids is 2. The maximum Gasteiger partial charge on any atom is 0.238 e. The van der Waals surface area contributed by atoms with Crippen LogP contribution in [-0.2, 0) is 9.59 Å². The van der Waals surface area contributed by atoms with E-state index in [9.17, 15) is 9.59 Å². The Labute approximate surface area is 124 Å². The van der Waals surface area contributed by atoms with Crippen LogP contribution in [0.5, 0.6) is 0 Å². The zero-order valence-electron chi connectivity index (χ0n) is 12.6. The van der Waals surface area contributed by atoms with E-state index in [0.29, 0.717) is 0 Å². The third kappa shape index (κ3) is 1.55. The lowest BCUT2D eigenvalue weighted by Crippen LogP contribution is -2.34. The van der Waals surface area contributed by atoms with Crippen molar-refractivity contribution in [1.29, 1.82) is 0 Å². The summed E-state index contributed by atoms with van der Waals surface area (Å²) < 4.78 is 0. The molecule has 2 bridgehead atoms. The molecule has 0 unspecified atom stereocenters. The van der Waals surface area contributed by atoms with Gasteiger partial charge in [-0.2, -0.15) is 0 Å². The van der Waals surface area contributed by atoms with E-state index in [1.165, 1.54) is 4.90 Å². The molecule has 2 amide bonds. The molecule has 1 aromatic carbocycles. The Morgan fingerprint density at radius 3 is 1.86 bits per heavy atom. The number of rotatable bonds is 1. The van der Waals surface area contributed by atoms with E-state index in [-0.39, 0.29) is 35.5 Å². The Morgan fingerprint density at radius 1 is 0.905 bits per heavy atom. The number of aryl methyl sites for hydroxylation is 3. The highest BCUT2D eigenvalue weighted by Crippen LogP contribution is 2.53. The third-order valence-electron chi connectivity index (χ3n) is 5.33. The average molecular weight is 281 g/mol. The minimum Gasteiger partial charge on any atom is -0.274 e. The van der Waals surface area contributed by atoms with Crippen molar-refractivity contribution in [3.8, 4) is 0 Å². The summed E-state index contributed by atoms with van der Waals surface area (Å²) >= 11 is 0. The lowest BCUT2D eigenvalue weighted by Gasteiger charge is -2.22. The van der Waals surface area contributed by atoms with Gasteiger partial charge in [0.15, 0.2) is 0 Å². The van der Waals surface area contributed by atoms with E-state index in [1.807, 2.05) is 32.9 Å². The van der Waals surface area contributed by atoms with E-state index >= 15 is 0 Å². The maximum atomic E-state index is 12.8. The van der Waals surface area contributed by atoms with Crippen molar-refractivity contribution >= 4 is 17.5 Å². The first-order chi connectivity index (χ1) is 9.99. The smallest absolute Gasteiger partial charge is 0.238 e. The Hall–Kier alpha value is -1.90.